The van der Waals surface area contributed by atoms with Crippen molar-refractivity contribution in [3.8, 4) is 0 Å². The van der Waals surface area contributed by atoms with Gasteiger partial charge >= 0.3 is 0 Å². The topological polar surface area (TPSA) is 56.7 Å². The third-order valence-corrected chi connectivity index (χ3v) is 3.65. The van der Waals surface area contributed by atoms with Crippen molar-refractivity contribution in [2.75, 3.05) is 0 Å². The molecule has 0 saturated heterocycles. The second-order valence-electron chi connectivity index (χ2n) is 4.85. The molecule has 2 aromatic heterocycles. The van der Waals surface area contributed by atoms with Crippen molar-refractivity contribution in [2.45, 2.75) is 32.2 Å². The predicted octanol–water partition coefficient (Wildman–Crippen LogP) is 3.92. The molecular weight excluding hydrogens is 311 g/mol. The van der Waals surface area contributed by atoms with Crippen molar-refractivity contribution in [1.82, 2.24) is 19.7 Å². The summed E-state index contributed by atoms with van der Waals surface area (Å²) in [6.45, 7) is 4.36. The first-order valence-electron chi connectivity index (χ1n) is 6.63. The zero-order valence-electron chi connectivity index (χ0n) is 11.7. The van der Waals surface area contributed by atoms with Crippen molar-refractivity contribution in [1.29, 1.82) is 0 Å². The van der Waals surface area contributed by atoms with Gasteiger partial charge in [0.25, 0.3) is 0 Å². The number of aryl methyl sites for hydroxylation is 3. The number of rotatable bonds is 4. The van der Waals surface area contributed by atoms with E-state index in [1.807, 2.05) is 25.1 Å². The Morgan fingerprint density at radius 1 is 1.33 bits per heavy atom. The van der Waals surface area contributed by atoms with Gasteiger partial charge in [0.15, 0.2) is 5.82 Å². The summed E-state index contributed by atoms with van der Waals surface area (Å²) in [7, 11) is 0. The fraction of sp³-hybridized carbons (Fsp3) is 0.357. The van der Waals surface area contributed by atoms with E-state index in [4.69, 9.17) is 27.7 Å². The van der Waals surface area contributed by atoms with Crippen LogP contribution < -0.4 is 0 Å². The molecule has 0 bridgehead atoms. The second kappa shape index (κ2) is 5.66. The van der Waals surface area contributed by atoms with Crippen LogP contribution in [-0.2, 0) is 13.0 Å². The Balaban J connectivity index is 1.97. The maximum atomic E-state index is 6.24. The van der Waals surface area contributed by atoms with Crippen LogP contribution in [0.3, 0.4) is 0 Å². The highest BCUT2D eigenvalue weighted by atomic mass is 35.5. The molecule has 110 valence electrons. The third kappa shape index (κ3) is 2.89. The highest BCUT2D eigenvalue weighted by molar-refractivity contribution is 6.31. The molecule has 0 saturated carbocycles. The van der Waals surface area contributed by atoms with E-state index in [1.54, 1.807) is 6.92 Å². The highest BCUT2D eigenvalue weighted by Crippen LogP contribution is 2.26. The molecule has 7 heteroatoms. The molecule has 2 heterocycles. The van der Waals surface area contributed by atoms with Gasteiger partial charge < -0.3 is 9.09 Å². The molecule has 1 aromatic carbocycles. The minimum Gasteiger partial charge on any atom is -0.340 e. The van der Waals surface area contributed by atoms with E-state index in [0.717, 1.165) is 16.9 Å². The largest absolute Gasteiger partial charge is 0.340 e. The van der Waals surface area contributed by atoms with Crippen molar-refractivity contribution in [3.05, 3.63) is 40.8 Å². The quantitative estimate of drug-likeness (QED) is 0.682. The van der Waals surface area contributed by atoms with Crippen LogP contribution in [0.4, 0.5) is 0 Å². The van der Waals surface area contributed by atoms with Gasteiger partial charge in [-0.3, -0.25) is 0 Å². The molecule has 0 N–H and O–H groups in total. The van der Waals surface area contributed by atoms with Gasteiger partial charge in [-0.1, -0.05) is 16.8 Å². The molecule has 3 rings (SSSR count). The molecule has 0 fully saturated rings. The Bertz CT molecular complexity index is 778. The van der Waals surface area contributed by atoms with Crippen molar-refractivity contribution < 1.29 is 4.52 Å². The molecule has 0 aliphatic heterocycles. The van der Waals surface area contributed by atoms with Crippen molar-refractivity contribution >= 4 is 34.2 Å². The van der Waals surface area contributed by atoms with Crippen LogP contribution in [0.25, 0.3) is 11.0 Å². The zero-order chi connectivity index (χ0) is 15.0. The van der Waals surface area contributed by atoms with Crippen LogP contribution in [0.1, 0.15) is 29.8 Å². The standard InChI is InChI=1S/C14H14Cl2N4O/c1-8(15)14-18-11-7-10(16)3-4-12(11)20(14)6-5-13-17-9(2)21-19-13/h3-4,7-8H,5-6H2,1-2H3. The number of benzene rings is 1. The molecule has 21 heavy (non-hydrogen) atoms. The summed E-state index contributed by atoms with van der Waals surface area (Å²) >= 11 is 12.3. The summed E-state index contributed by atoms with van der Waals surface area (Å²) in [5, 5.41) is 4.38. The average molecular weight is 325 g/mol. The normalized spacial score (nSPS) is 13.0. The minimum atomic E-state index is -0.192. The summed E-state index contributed by atoms with van der Waals surface area (Å²) < 4.78 is 7.06. The SMILES string of the molecule is Cc1nc(CCn2c(C(C)Cl)nc3cc(Cl)ccc32)no1. The van der Waals surface area contributed by atoms with Crippen molar-refractivity contribution in [2.24, 2.45) is 0 Å². The summed E-state index contributed by atoms with van der Waals surface area (Å²) in [4.78, 5) is 8.79. The molecule has 5 nitrogen and oxygen atoms in total. The zero-order valence-corrected chi connectivity index (χ0v) is 13.2. The van der Waals surface area contributed by atoms with E-state index in [2.05, 4.69) is 19.7 Å². The van der Waals surface area contributed by atoms with Gasteiger partial charge in [-0.15, -0.1) is 11.6 Å². The average Bonchev–Trinajstić information content (AvgIpc) is 2.99. The summed E-state index contributed by atoms with van der Waals surface area (Å²) in [5.41, 5.74) is 1.84. The van der Waals surface area contributed by atoms with Crippen LogP contribution in [-0.4, -0.2) is 19.7 Å². The van der Waals surface area contributed by atoms with Gasteiger partial charge in [-0.2, -0.15) is 4.98 Å². The number of fused-ring (bicyclic) bond motifs is 1. The van der Waals surface area contributed by atoms with Crippen LogP contribution >= 0.6 is 23.2 Å². The second-order valence-corrected chi connectivity index (χ2v) is 5.94. The van der Waals surface area contributed by atoms with E-state index < -0.39 is 0 Å². The Kier molecular flexibility index (Phi) is 3.87. The molecular formula is C14H14Cl2N4O. The van der Waals surface area contributed by atoms with E-state index in [-0.39, 0.29) is 5.38 Å². The maximum Gasteiger partial charge on any atom is 0.223 e. The predicted molar refractivity (Wildman–Crippen MR) is 81.8 cm³/mol. The molecule has 0 amide bonds. The molecule has 0 aliphatic carbocycles. The Hall–Kier alpha value is -1.59. The van der Waals surface area contributed by atoms with Crippen molar-refractivity contribution in [3.63, 3.8) is 0 Å². The number of alkyl halides is 1. The first-order valence-corrected chi connectivity index (χ1v) is 7.45. The molecule has 0 radical (unpaired) electrons. The van der Waals surface area contributed by atoms with Gasteiger partial charge in [0.2, 0.25) is 5.89 Å². The van der Waals surface area contributed by atoms with E-state index >= 15 is 0 Å². The first-order chi connectivity index (χ1) is 10.0. The van der Waals surface area contributed by atoms with Gasteiger partial charge in [-0.05, 0) is 25.1 Å². The van der Waals surface area contributed by atoms with Gasteiger partial charge in [0.05, 0.1) is 16.4 Å². The fourth-order valence-electron chi connectivity index (χ4n) is 2.31. The number of hydrogen-bond acceptors (Lipinski definition) is 4. The number of hydrogen-bond donors (Lipinski definition) is 0. The lowest BCUT2D eigenvalue weighted by atomic mass is 10.3. The maximum absolute atomic E-state index is 6.24. The third-order valence-electron chi connectivity index (χ3n) is 3.22. The molecule has 3 aromatic rings. The van der Waals surface area contributed by atoms with Gasteiger partial charge in [0, 0.05) is 24.9 Å². The fourth-order valence-corrected chi connectivity index (χ4v) is 2.65. The summed E-state index contributed by atoms with van der Waals surface area (Å²) in [6.07, 6.45) is 0.655. The van der Waals surface area contributed by atoms with Crippen LogP contribution in [0.15, 0.2) is 22.7 Å². The molecule has 0 spiro atoms. The number of halogens is 2. The molecule has 1 atom stereocenters. The van der Waals surface area contributed by atoms with Gasteiger partial charge in [0.1, 0.15) is 5.82 Å². The Morgan fingerprint density at radius 3 is 2.81 bits per heavy atom. The lowest BCUT2D eigenvalue weighted by Crippen LogP contribution is -2.07. The Morgan fingerprint density at radius 2 is 2.14 bits per heavy atom. The van der Waals surface area contributed by atoms with E-state index in [1.165, 1.54) is 0 Å². The summed E-state index contributed by atoms with van der Waals surface area (Å²) in [6, 6.07) is 5.65. The van der Waals surface area contributed by atoms with E-state index in [9.17, 15) is 0 Å². The lowest BCUT2D eigenvalue weighted by molar-refractivity contribution is 0.386. The highest BCUT2D eigenvalue weighted by Gasteiger charge is 2.16. The number of nitrogens with zero attached hydrogens (tertiary/aromatic N) is 4. The number of aromatic nitrogens is 4. The van der Waals surface area contributed by atoms with E-state index in [0.29, 0.717) is 29.7 Å². The Labute approximate surface area is 131 Å². The summed E-state index contributed by atoms with van der Waals surface area (Å²) in [5.74, 6) is 2.06. The first kappa shape index (κ1) is 14.4. The van der Waals surface area contributed by atoms with Crippen LogP contribution in [0, 0.1) is 6.92 Å². The van der Waals surface area contributed by atoms with Gasteiger partial charge in [-0.25, -0.2) is 4.98 Å². The molecule has 1 unspecified atom stereocenters. The minimum absolute atomic E-state index is 0.192. The van der Waals surface area contributed by atoms with Crippen LogP contribution in [0.5, 0.6) is 0 Å². The smallest absolute Gasteiger partial charge is 0.223 e. The molecule has 0 aliphatic rings. The lowest BCUT2D eigenvalue weighted by Gasteiger charge is -2.09. The monoisotopic (exact) mass is 324 g/mol. The van der Waals surface area contributed by atoms with Crippen LogP contribution in [0.2, 0.25) is 5.02 Å². The number of imidazole rings is 1.